The van der Waals surface area contributed by atoms with E-state index in [1.165, 1.54) is 31.2 Å². The molecule has 0 radical (unpaired) electrons. The molecule has 0 amide bonds. The van der Waals surface area contributed by atoms with Crippen molar-refractivity contribution in [2.75, 3.05) is 27.2 Å². The second kappa shape index (κ2) is 7.06. The Morgan fingerprint density at radius 3 is 2.58 bits per heavy atom. The molecule has 0 bridgehead atoms. The molecule has 2 rings (SSSR count). The van der Waals surface area contributed by atoms with E-state index in [1.54, 1.807) is 5.56 Å². The van der Waals surface area contributed by atoms with E-state index in [2.05, 4.69) is 55.5 Å². The number of hydrogen-bond acceptors (Lipinski definition) is 2. The van der Waals surface area contributed by atoms with Crippen molar-refractivity contribution in [3.8, 4) is 0 Å². The van der Waals surface area contributed by atoms with Crippen LogP contribution in [0.3, 0.4) is 0 Å². The van der Waals surface area contributed by atoms with E-state index >= 15 is 0 Å². The lowest BCUT2D eigenvalue weighted by Crippen LogP contribution is -2.27. The van der Waals surface area contributed by atoms with Gasteiger partial charge in [-0.3, -0.25) is 0 Å². The topological polar surface area (TPSA) is 15.3 Å². The minimum atomic E-state index is 0.504. The van der Waals surface area contributed by atoms with E-state index in [0.29, 0.717) is 6.04 Å². The van der Waals surface area contributed by atoms with Crippen molar-refractivity contribution in [1.82, 2.24) is 10.2 Å². The predicted molar refractivity (Wildman–Crippen MR) is 82.6 cm³/mol. The van der Waals surface area contributed by atoms with Gasteiger partial charge < -0.3 is 10.2 Å². The van der Waals surface area contributed by atoms with Crippen LogP contribution in [0.5, 0.6) is 0 Å². The summed E-state index contributed by atoms with van der Waals surface area (Å²) < 4.78 is 0. The van der Waals surface area contributed by atoms with Crippen LogP contribution in [0, 0.1) is 0 Å². The first-order chi connectivity index (χ1) is 9.22. The molecule has 1 unspecified atom stereocenters. The van der Waals surface area contributed by atoms with Gasteiger partial charge in [0.15, 0.2) is 0 Å². The molecule has 2 heteroatoms. The average molecular weight is 260 g/mol. The highest BCUT2D eigenvalue weighted by atomic mass is 15.1. The van der Waals surface area contributed by atoms with Gasteiger partial charge >= 0.3 is 0 Å². The molecular weight excluding hydrogens is 232 g/mol. The second-order valence-electron chi connectivity index (χ2n) is 5.96. The molecule has 1 saturated carbocycles. The standard InChI is InChI=1S/C17H28N2/c1-4-18-17(12-13-19(2)3)16-11-6-5-10-15(16)14-8-7-9-14/h5-6,10-11,14,17-18H,4,7-9,12-13H2,1-3H3. The zero-order valence-corrected chi connectivity index (χ0v) is 12.7. The fourth-order valence-electron chi connectivity index (χ4n) is 2.92. The van der Waals surface area contributed by atoms with Crippen molar-refractivity contribution in [3.63, 3.8) is 0 Å². The van der Waals surface area contributed by atoms with E-state index in [1.807, 2.05) is 0 Å². The van der Waals surface area contributed by atoms with E-state index in [4.69, 9.17) is 0 Å². The molecule has 1 aliphatic carbocycles. The summed E-state index contributed by atoms with van der Waals surface area (Å²) in [5, 5.41) is 3.67. The lowest BCUT2D eigenvalue weighted by molar-refractivity contribution is 0.358. The molecule has 1 fully saturated rings. The van der Waals surface area contributed by atoms with Gasteiger partial charge in [0.05, 0.1) is 0 Å². The summed E-state index contributed by atoms with van der Waals surface area (Å²) in [5.41, 5.74) is 3.13. The Hall–Kier alpha value is -0.860. The third-order valence-electron chi connectivity index (χ3n) is 4.23. The van der Waals surface area contributed by atoms with Gasteiger partial charge in [0.2, 0.25) is 0 Å². The summed E-state index contributed by atoms with van der Waals surface area (Å²) in [7, 11) is 4.31. The summed E-state index contributed by atoms with van der Waals surface area (Å²) in [6.45, 7) is 4.38. The SMILES string of the molecule is CCNC(CCN(C)C)c1ccccc1C1CCC1. The number of rotatable bonds is 7. The van der Waals surface area contributed by atoms with Gasteiger partial charge in [0.1, 0.15) is 0 Å². The van der Waals surface area contributed by atoms with Crippen LogP contribution in [0.15, 0.2) is 24.3 Å². The Balaban J connectivity index is 2.14. The van der Waals surface area contributed by atoms with Crippen molar-refractivity contribution in [2.24, 2.45) is 0 Å². The van der Waals surface area contributed by atoms with E-state index in [-0.39, 0.29) is 0 Å². The van der Waals surface area contributed by atoms with Crippen molar-refractivity contribution in [3.05, 3.63) is 35.4 Å². The molecule has 19 heavy (non-hydrogen) atoms. The first kappa shape index (κ1) is 14.5. The Morgan fingerprint density at radius 1 is 1.26 bits per heavy atom. The minimum absolute atomic E-state index is 0.504. The molecule has 0 spiro atoms. The van der Waals surface area contributed by atoms with Crippen molar-refractivity contribution in [2.45, 2.75) is 44.6 Å². The van der Waals surface area contributed by atoms with Crippen LogP contribution in [0.1, 0.15) is 55.7 Å². The second-order valence-corrected chi connectivity index (χ2v) is 5.96. The van der Waals surface area contributed by atoms with Crippen LogP contribution >= 0.6 is 0 Å². The van der Waals surface area contributed by atoms with E-state index in [0.717, 1.165) is 19.0 Å². The Morgan fingerprint density at radius 2 is 2.00 bits per heavy atom. The zero-order valence-electron chi connectivity index (χ0n) is 12.7. The molecule has 1 N–H and O–H groups in total. The molecule has 1 atom stereocenters. The van der Waals surface area contributed by atoms with Crippen LogP contribution in [0.2, 0.25) is 0 Å². The number of nitrogens with one attached hydrogen (secondary N) is 1. The van der Waals surface area contributed by atoms with Crippen LogP contribution in [-0.4, -0.2) is 32.1 Å². The predicted octanol–water partition coefficient (Wildman–Crippen LogP) is 3.56. The maximum Gasteiger partial charge on any atom is 0.0335 e. The van der Waals surface area contributed by atoms with Gasteiger partial charge in [-0.2, -0.15) is 0 Å². The highest BCUT2D eigenvalue weighted by molar-refractivity contribution is 5.34. The molecular formula is C17H28N2. The van der Waals surface area contributed by atoms with Gasteiger partial charge in [-0.15, -0.1) is 0 Å². The highest BCUT2D eigenvalue weighted by Gasteiger charge is 2.24. The van der Waals surface area contributed by atoms with Gasteiger partial charge in [0, 0.05) is 6.04 Å². The molecule has 0 aromatic heterocycles. The lowest BCUT2D eigenvalue weighted by Gasteiger charge is -2.31. The summed E-state index contributed by atoms with van der Waals surface area (Å²) in [4.78, 5) is 2.27. The first-order valence-corrected chi connectivity index (χ1v) is 7.69. The molecule has 2 nitrogen and oxygen atoms in total. The normalized spacial score (nSPS) is 17.5. The van der Waals surface area contributed by atoms with Crippen LogP contribution in [0.25, 0.3) is 0 Å². The molecule has 106 valence electrons. The quantitative estimate of drug-likeness (QED) is 0.806. The van der Waals surface area contributed by atoms with Crippen LogP contribution in [0.4, 0.5) is 0 Å². The largest absolute Gasteiger partial charge is 0.310 e. The van der Waals surface area contributed by atoms with Gasteiger partial charge in [-0.25, -0.2) is 0 Å². The zero-order chi connectivity index (χ0) is 13.7. The Bertz CT molecular complexity index is 383. The van der Waals surface area contributed by atoms with Gasteiger partial charge in [-0.05, 0) is 63.5 Å². The fourth-order valence-corrected chi connectivity index (χ4v) is 2.92. The molecule has 0 heterocycles. The Labute approximate surface area is 118 Å². The number of nitrogens with zero attached hydrogens (tertiary/aromatic N) is 1. The maximum atomic E-state index is 3.67. The summed E-state index contributed by atoms with van der Waals surface area (Å²) in [6.07, 6.45) is 5.35. The average Bonchev–Trinajstić information content (AvgIpc) is 2.33. The summed E-state index contributed by atoms with van der Waals surface area (Å²) in [6, 6.07) is 9.57. The van der Waals surface area contributed by atoms with Gasteiger partial charge in [-0.1, -0.05) is 37.6 Å². The smallest absolute Gasteiger partial charge is 0.0335 e. The van der Waals surface area contributed by atoms with Crippen LogP contribution in [-0.2, 0) is 0 Å². The minimum Gasteiger partial charge on any atom is -0.310 e. The number of benzene rings is 1. The summed E-state index contributed by atoms with van der Waals surface area (Å²) in [5.74, 6) is 0.816. The maximum absolute atomic E-state index is 3.67. The first-order valence-electron chi connectivity index (χ1n) is 7.69. The van der Waals surface area contributed by atoms with Crippen LogP contribution < -0.4 is 5.32 Å². The third-order valence-corrected chi connectivity index (χ3v) is 4.23. The summed E-state index contributed by atoms with van der Waals surface area (Å²) >= 11 is 0. The third kappa shape index (κ3) is 3.80. The molecule has 1 aliphatic rings. The lowest BCUT2D eigenvalue weighted by atomic mass is 9.77. The van der Waals surface area contributed by atoms with Crippen molar-refractivity contribution < 1.29 is 0 Å². The fraction of sp³-hybridized carbons (Fsp3) is 0.647. The van der Waals surface area contributed by atoms with E-state index < -0.39 is 0 Å². The van der Waals surface area contributed by atoms with E-state index in [9.17, 15) is 0 Å². The molecule has 1 aromatic rings. The van der Waals surface area contributed by atoms with Crippen molar-refractivity contribution in [1.29, 1.82) is 0 Å². The van der Waals surface area contributed by atoms with Gasteiger partial charge in [0.25, 0.3) is 0 Å². The Kier molecular flexibility index (Phi) is 5.41. The number of hydrogen-bond donors (Lipinski definition) is 1. The monoisotopic (exact) mass is 260 g/mol. The highest BCUT2D eigenvalue weighted by Crippen LogP contribution is 2.39. The molecule has 0 aliphatic heterocycles. The van der Waals surface area contributed by atoms with Crippen molar-refractivity contribution >= 4 is 0 Å². The molecule has 1 aromatic carbocycles. The molecule has 0 saturated heterocycles.